The lowest BCUT2D eigenvalue weighted by Crippen LogP contribution is -2.40. The van der Waals surface area contributed by atoms with Gasteiger partial charge in [0.05, 0.1) is 12.0 Å². The summed E-state index contributed by atoms with van der Waals surface area (Å²) in [6.45, 7) is 0.494. The van der Waals surface area contributed by atoms with Gasteiger partial charge in [-0.3, -0.25) is 4.79 Å². The summed E-state index contributed by atoms with van der Waals surface area (Å²) in [4.78, 5) is 25.2. The van der Waals surface area contributed by atoms with Gasteiger partial charge in [-0.15, -0.1) is 11.3 Å². The van der Waals surface area contributed by atoms with Crippen LogP contribution in [-0.2, 0) is 4.79 Å². The van der Waals surface area contributed by atoms with Gasteiger partial charge in [-0.1, -0.05) is 0 Å². The molecule has 0 aromatic carbocycles. The van der Waals surface area contributed by atoms with E-state index in [1.807, 2.05) is 0 Å². The molecule has 1 amide bonds. The molecular formula is C11H12BrNO4S. The van der Waals surface area contributed by atoms with Gasteiger partial charge >= 0.3 is 5.97 Å². The summed E-state index contributed by atoms with van der Waals surface area (Å²) < 4.78 is 5.82. The number of halogens is 1. The third-order valence-electron chi connectivity index (χ3n) is 2.88. The van der Waals surface area contributed by atoms with Gasteiger partial charge in [0.15, 0.2) is 0 Å². The number of thiophene rings is 1. The summed E-state index contributed by atoms with van der Waals surface area (Å²) in [5.41, 5.74) is 0. The Bertz CT molecular complexity index is 487. The zero-order valence-electron chi connectivity index (χ0n) is 9.68. The first-order valence-electron chi connectivity index (χ1n) is 5.41. The van der Waals surface area contributed by atoms with Crippen LogP contribution in [0.2, 0.25) is 0 Å². The van der Waals surface area contributed by atoms with Crippen LogP contribution in [-0.4, -0.2) is 41.6 Å². The Morgan fingerprint density at radius 3 is 2.89 bits per heavy atom. The molecule has 1 aromatic rings. The van der Waals surface area contributed by atoms with Crippen molar-refractivity contribution in [1.29, 1.82) is 0 Å². The van der Waals surface area contributed by atoms with Crippen LogP contribution in [0, 0.1) is 0 Å². The maximum absolute atomic E-state index is 12.2. The van der Waals surface area contributed by atoms with Crippen molar-refractivity contribution in [2.45, 2.75) is 18.9 Å². The number of carbonyl (C=O) groups is 2. The van der Waals surface area contributed by atoms with Crippen LogP contribution in [0.3, 0.4) is 0 Å². The third-order valence-corrected chi connectivity index (χ3v) is 4.65. The Labute approximate surface area is 116 Å². The van der Waals surface area contributed by atoms with E-state index in [1.54, 1.807) is 6.07 Å². The molecule has 0 radical (unpaired) electrons. The Morgan fingerprint density at radius 1 is 1.61 bits per heavy atom. The molecule has 0 bridgehead atoms. The molecule has 0 saturated carbocycles. The van der Waals surface area contributed by atoms with Crippen LogP contribution >= 0.6 is 27.3 Å². The van der Waals surface area contributed by atoms with E-state index in [1.165, 1.54) is 23.3 Å². The van der Waals surface area contributed by atoms with Gasteiger partial charge in [0, 0.05) is 12.6 Å². The summed E-state index contributed by atoms with van der Waals surface area (Å²) in [5.74, 6) is -0.591. The highest BCUT2D eigenvalue weighted by molar-refractivity contribution is 9.11. The van der Waals surface area contributed by atoms with Crippen LogP contribution in [0.5, 0.6) is 5.75 Å². The van der Waals surface area contributed by atoms with Gasteiger partial charge in [0.25, 0.3) is 5.91 Å². The maximum Gasteiger partial charge on any atom is 0.326 e. The van der Waals surface area contributed by atoms with Gasteiger partial charge in [-0.05, 0) is 28.8 Å². The van der Waals surface area contributed by atoms with Crippen LogP contribution < -0.4 is 4.74 Å². The fraction of sp³-hybridized carbons (Fsp3) is 0.455. The highest BCUT2D eigenvalue weighted by Gasteiger charge is 2.35. The van der Waals surface area contributed by atoms with Crippen LogP contribution in [0.4, 0.5) is 0 Å². The molecule has 2 rings (SSSR count). The van der Waals surface area contributed by atoms with Crippen molar-refractivity contribution in [3.05, 3.63) is 14.7 Å². The molecule has 2 heterocycles. The average Bonchev–Trinajstić information content (AvgIpc) is 2.93. The summed E-state index contributed by atoms with van der Waals surface area (Å²) in [7, 11) is 1.52. The largest absolute Gasteiger partial charge is 0.495 e. The number of nitrogens with zero attached hydrogens (tertiary/aromatic N) is 1. The predicted molar refractivity (Wildman–Crippen MR) is 70.3 cm³/mol. The van der Waals surface area contributed by atoms with Gasteiger partial charge in [-0.2, -0.15) is 0 Å². The van der Waals surface area contributed by atoms with Crippen molar-refractivity contribution in [3.8, 4) is 5.75 Å². The van der Waals surface area contributed by atoms with E-state index in [-0.39, 0.29) is 5.91 Å². The Balaban J connectivity index is 2.22. The Morgan fingerprint density at radius 2 is 2.33 bits per heavy atom. The van der Waals surface area contributed by atoms with E-state index in [4.69, 9.17) is 9.84 Å². The first kappa shape index (κ1) is 13.4. The van der Waals surface area contributed by atoms with E-state index in [0.717, 1.165) is 10.2 Å². The zero-order valence-corrected chi connectivity index (χ0v) is 12.1. The number of likely N-dealkylation sites (tertiary alicyclic amines) is 1. The van der Waals surface area contributed by atoms with Gasteiger partial charge in [0.2, 0.25) is 0 Å². The van der Waals surface area contributed by atoms with Gasteiger partial charge in [-0.25, -0.2) is 4.79 Å². The standard InChI is InChI=1S/C11H12BrNO4S/c1-17-7-5-8(18-9(7)12)10(14)13-4-2-3-6(13)11(15)16/h5-6H,2-4H2,1H3,(H,15,16). The van der Waals surface area contributed by atoms with E-state index < -0.39 is 12.0 Å². The number of carboxylic acid groups (broad SMARTS) is 1. The van der Waals surface area contributed by atoms with Crippen molar-refractivity contribution in [3.63, 3.8) is 0 Å². The minimum absolute atomic E-state index is 0.242. The second kappa shape index (κ2) is 5.27. The number of rotatable bonds is 3. The molecule has 0 aliphatic carbocycles. The number of ether oxygens (including phenoxy) is 1. The lowest BCUT2D eigenvalue weighted by molar-refractivity contribution is -0.141. The molecule has 1 aromatic heterocycles. The number of aliphatic carboxylic acids is 1. The molecule has 98 valence electrons. The average molecular weight is 334 g/mol. The lowest BCUT2D eigenvalue weighted by Gasteiger charge is -2.20. The number of hydrogen-bond donors (Lipinski definition) is 1. The smallest absolute Gasteiger partial charge is 0.326 e. The number of amides is 1. The van der Waals surface area contributed by atoms with E-state index in [0.29, 0.717) is 23.6 Å². The summed E-state index contributed by atoms with van der Waals surface area (Å²) in [5, 5.41) is 9.06. The second-order valence-corrected chi connectivity index (χ2v) is 6.32. The van der Waals surface area contributed by atoms with Crippen LogP contribution in [0.15, 0.2) is 9.85 Å². The van der Waals surface area contributed by atoms with Crippen molar-refractivity contribution < 1.29 is 19.4 Å². The normalized spacial score (nSPS) is 19.0. The molecule has 1 unspecified atom stereocenters. The number of carboxylic acids is 1. The van der Waals surface area contributed by atoms with E-state index >= 15 is 0 Å². The van der Waals surface area contributed by atoms with Crippen molar-refractivity contribution in [1.82, 2.24) is 4.90 Å². The quantitative estimate of drug-likeness (QED) is 0.920. The highest BCUT2D eigenvalue weighted by atomic mass is 79.9. The van der Waals surface area contributed by atoms with E-state index in [9.17, 15) is 9.59 Å². The molecule has 1 fully saturated rings. The van der Waals surface area contributed by atoms with Crippen molar-refractivity contribution >= 4 is 39.1 Å². The number of carbonyl (C=O) groups excluding carboxylic acids is 1. The van der Waals surface area contributed by atoms with Crippen molar-refractivity contribution in [2.75, 3.05) is 13.7 Å². The number of hydrogen-bond acceptors (Lipinski definition) is 4. The zero-order chi connectivity index (χ0) is 13.3. The van der Waals surface area contributed by atoms with Crippen LogP contribution in [0.1, 0.15) is 22.5 Å². The van der Waals surface area contributed by atoms with Crippen LogP contribution in [0.25, 0.3) is 0 Å². The Kier molecular flexibility index (Phi) is 3.91. The summed E-state index contributed by atoms with van der Waals surface area (Å²) in [6, 6.07) is 0.929. The minimum Gasteiger partial charge on any atom is -0.495 e. The van der Waals surface area contributed by atoms with E-state index in [2.05, 4.69) is 15.9 Å². The molecule has 1 saturated heterocycles. The first-order chi connectivity index (χ1) is 8.54. The third kappa shape index (κ3) is 2.37. The Hall–Kier alpha value is -1.08. The molecule has 7 heteroatoms. The first-order valence-corrected chi connectivity index (χ1v) is 7.02. The fourth-order valence-corrected chi connectivity index (χ4v) is 3.61. The topological polar surface area (TPSA) is 66.8 Å². The predicted octanol–water partition coefficient (Wildman–Crippen LogP) is 2.21. The molecular weight excluding hydrogens is 322 g/mol. The summed E-state index contributed by atoms with van der Waals surface area (Å²) >= 11 is 4.56. The molecule has 5 nitrogen and oxygen atoms in total. The maximum atomic E-state index is 12.2. The molecule has 18 heavy (non-hydrogen) atoms. The SMILES string of the molecule is COc1cc(C(=O)N2CCCC2C(=O)O)sc1Br. The van der Waals surface area contributed by atoms with Gasteiger partial charge < -0.3 is 14.7 Å². The second-order valence-electron chi connectivity index (χ2n) is 3.95. The molecule has 1 N–H and O–H groups in total. The minimum atomic E-state index is -0.941. The highest BCUT2D eigenvalue weighted by Crippen LogP contribution is 2.35. The summed E-state index contributed by atoms with van der Waals surface area (Å²) in [6.07, 6.45) is 1.25. The molecule has 1 aliphatic rings. The fourth-order valence-electron chi connectivity index (χ4n) is 2.00. The number of methoxy groups -OCH3 is 1. The monoisotopic (exact) mass is 333 g/mol. The molecule has 1 aliphatic heterocycles. The molecule has 1 atom stereocenters. The van der Waals surface area contributed by atoms with Gasteiger partial charge in [0.1, 0.15) is 15.6 Å². The molecule has 0 spiro atoms. The van der Waals surface area contributed by atoms with Crippen molar-refractivity contribution in [2.24, 2.45) is 0 Å². The lowest BCUT2D eigenvalue weighted by atomic mass is 10.2.